The lowest BCUT2D eigenvalue weighted by molar-refractivity contribution is 0.263. The molecule has 1 fully saturated rings. The Kier molecular flexibility index (Phi) is 6.00. The molecule has 1 aromatic heterocycles. The zero-order valence-electron chi connectivity index (χ0n) is 10.7. The number of sulfonamides is 1. The number of hydrogen-bond acceptors (Lipinski definition) is 6. The van der Waals surface area contributed by atoms with Crippen LogP contribution in [0.25, 0.3) is 0 Å². The van der Waals surface area contributed by atoms with Crippen LogP contribution < -0.4 is 10.5 Å². The van der Waals surface area contributed by atoms with Gasteiger partial charge in [-0.05, 0) is 26.4 Å². The number of hydrogen-bond donors (Lipinski definition) is 2. The lowest BCUT2D eigenvalue weighted by Crippen LogP contribution is -2.37. The van der Waals surface area contributed by atoms with E-state index in [4.69, 9.17) is 5.73 Å². The average molecular weight is 327 g/mol. The summed E-state index contributed by atoms with van der Waals surface area (Å²) in [4.78, 5) is 7.29. The number of nitrogens with two attached hydrogens (primary N) is 1. The van der Waals surface area contributed by atoms with Crippen LogP contribution in [-0.2, 0) is 16.6 Å². The topological polar surface area (TPSA) is 88.3 Å². The molecular weight excluding hydrogens is 308 g/mol. The highest BCUT2D eigenvalue weighted by molar-refractivity contribution is 7.89. The van der Waals surface area contributed by atoms with Crippen LogP contribution in [0.2, 0.25) is 0 Å². The van der Waals surface area contributed by atoms with E-state index in [-0.39, 0.29) is 24.2 Å². The number of anilines is 1. The summed E-state index contributed by atoms with van der Waals surface area (Å²) in [6.07, 6.45) is 3.73. The van der Waals surface area contributed by atoms with Gasteiger partial charge in [0.1, 0.15) is 0 Å². The van der Waals surface area contributed by atoms with Gasteiger partial charge >= 0.3 is 0 Å². The Morgan fingerprint density at radius 2 is 2.37 bits per heavy atom. The summed E-state index contributed by atoms with van der Waals surface area (Å²) in [7, 11) is -1.69. The number of nitrogen functional groups attached to an aromatic ring is 1. The summed E-state index contributed by atoms with van der Waals surface area (Å²) in [6, 6.07) is 0.0887. The van der Waals surface area contributed by atoms with Crippen molar-refractivity contribution < 1.29 is 8.42 Å². The van der Waals surface area contributed by atoms with Crippen molar-refractivity contribution in [3.8, 4) is 0 Å². The summed E-state index contributed by atoms with van der Waals surface area (Å²) in [5.41, 5.74) is 5.59. The highest BCUT2D eigenvalue weighted by atomic mass is 35.5. The van der Waals surface area contributed by atoms with Gasteiger partial charge < -0.3 is 5.73 Å². The summed E-state index contributed by atoms with van der Waals surface area (Å²) in [6.45, 7) is 1.67. The Bertz CT molecular complexity index is 505. The van der Waals surface area contributed by atoms with Crippen molar-refractivity contribution in [1.82, 2.24) is 14.6 Å². The number of thiazole rings is 1. The van der Waals surface area contributed by atoms with Crippen molar-refractivity contribution in [2.75, 3.05) is 25.1 Å². The first-order chi connectivity index (χ1) is 8.50. The molecule has 0 saturated carbocycles. The van der Waals surface area contributed by atoms with Crippen LogP contribution in [0.3, 0.4) is 0 Å². The summed E-state index contributed by atoms with van der Waals surface area (Å²) < 4.78 is 25.6. The second-order valence-electron chi connectivity index (χ2n) is 4.42. The number of rotatable bonds is 5. The molecule has 0 bridgehead atoms. The van der Waals surface area contributed by atoms with Gasteiger partial charge in [0.2, 0.25) is 10.0 Å². The Morgan fingerprint density at radius 1 is 1.63 bits per heavy atom. The van der Waals surface area contributed by atoms with Gasteiger partial charge in [-0.25, -0.2) is 18.1 Å². The van der Waals surface area contributed by atoms with Crippen LogP contribution in [0.1, 0.15) is 17.7 Å². The molecular formula is C10H19ClN4O2S2. The van der Waals surface area contributed by atoms with Crippen LogP contribution in [-0.4, -0.2) is 43.7 Å². The third-order valence-corrected chi connectivity index (χ3v) is 5.41. The second-order valence-corrected chi connectivity index (χ2v) is 7.53. The van der Waals surface area contributed by atoms with Crippen molar-refractivity contribution in [1.29, 1.82) is 0 Å². The molecule has 0 spiro atoms. The molecule has 1 atom stereocenters. The first kappa shape index (κ1) is 16.6. The molecule has 1 aromatic rings. The average Bonchev–Trinajstić information content (AvgIpc) is 2.89. The molecule has 1 saturated heterocycles. The van der Waals surface area contributed by atoms with Gasteiger partial charge in [0, 0.05) is 23.7 Å². The largest absolute Gasteiger partial charge is 0.375 e. The molecule has 0 amide bonds. The fraction of sp³-hybridized carbons (Fsp3) is 0.700. The molecule has 0 aliphatic carbocycles. The van der Waals surface area contributed by atoms with Gasteiger partial charge in [-0.2, -0.15) is 0 Å². The zero-order chi connectivity index (χ0) is 13.2. The normalized spacial score (nSPS) is 20.4. The van der Waals surface area contributed by atoms with Crippen LogP contribution >= 0.6 is 23.7 Å². The van der Waals surface area contributed by atoms with E-state index in [1.54, 1.807) is 6.20 Å². The molecule has 1 aliphatic heterocycles. The van der Waals surface area contributed by atoms with E-state index in [9.17, 15) is 8.42 Å². The molecule has 2 heterocycles. The fourth-order valence-electron chi connectivity index (χ4n) is 2.22. The standard InChI is InChI=1S/C10H18N4O2S2.ClH/c1-12-18(15,16)7-8-3-2-4-14(8)6-9-5-13-10(11)17-9;/h5,8,12H,2-4,6-7H2,1H3,(H2,11,13);1H. The zero-order valence-corrected chi connectivity index (χ0v) is 13.2. The van der Waals surface area contributed by atoms with Crippen molar-refractivity contribution >= 4 is 38.9 Å². The molecule has 1 aliphatic rings. The lowest BCUT2D eigenvalue weighted by atomic mass is 10.2. The quantitative estimate of drug-likeness (QED) is 0.830. The molecule has 3 N–H and O–H groups in total. The van der Waals surface area contributed by atoms with E-state index in [0.29, 0.717) is 5.13 Å². The maximum absolute atomic E-state index is 11.6. The van der Waals surface area contributed by atoms with E-state index in [1.165, 1.54) is 18.4 Å². The van der Waals surface area contributed by atoms with Crippen LogP contribution in [0.5, 0.6) is 0 Å². The highest BCUT2D eigenvalue weighted by Crippen LogP contribution is 2.24. The summed E-state index contributed by atoms with van der Waals surface area (Å²) in [5, 5.41) is 0.559. The molecule has 1 unspecified atom stereocenters. The predicted octanol–water partition coefficient (Wildman–Crippen LogP) is 0.661. The second kappa shape index (κ2) is 6.85. The number of halogens is 1. The predicted molar refractivity (Wildman–Crippen MR) is 80.1 cm³/mol. The van der Waals surface area contributed by atoms with Crippen molar-refractivity contribution in [2.45, 2.75) is 25.4 Å². The minimum atomic E-state index is -3.15. The van der Waals surface area contributed by atoms with Gasteiger partial charge in [0.25, 0.3) is 0 Å². The minimum absolute atomic E-state index is 0. The highest BCUT2D eigenvalue weighted by Gasteiger charge is 2.28. The molecule has 110 valence electrons. The first-order valence-corrected chi connectivity index (χ1v) is 8.32. The number of nitrogens with zero attached hydrogens (tertiary/aromatic N) is 2. The third kappa shape index (κ3) is 4.57. The van der Waals surface area contributed by atoms with Crippen molar-refractivity contribution in [3.63, 3.8) is 0 Å². The monoisotopic (exact) mass is 326 g/mol. The van der Waals surface area contributed by atoms with Crippen molar-refractivity contribution in [3.05, 3.63) is 11.1 Å². The molecule has 0 radical (unpaired) electrons. The van der Waals surface area contributed by atoms with Gasteiger partial charge in [-0.3, -0.25) is 4.90 Å². The maximum Gasteiger partial charge on any atom is 0.212 e. The van der Waals surface area contributed by atoms with Gasteiger partial charge in [0.05, 0.1) is 5.75 Å². The third-order valence-electron chi connectivity index (χ3n) is 3.15. The maximum atomic E-state index is 11.6. The smallest absolute Gasteiger partial charge is 0.212 e. The van der Waals surface area contributed by atoms with E-state index >= 15 is 0 Å². The summed E-state index contributed by atoms with van der Waals surface area (Å²) >= 11 is 1.46. The van der Waals surface area contributed by atoms with E-state index in [1.807, 2.05) is 0 Å². The molecule has 2 rings (SSSR count). The SMILES string of the molecule is CNS(=O)(=O)CC1CCCN1Cc1cnc(N)s1.Cl. The van der Waals surface area contributed by atoms with Gasteiger partial charge in [-0.1, -0.05) is 0 Å². The Labute approximate surface area is 123 Å². The Morgan fingerprint density at radius 3 is 2.95 bits per heavy atom. The molecule has 6 nitrogen and oxygen atoms in total. The fourth-order valence-corrected chi connectivity index (χ4v) is 3.99. The lowest BCUT2D eigenvalue weighted by Gasteiger charge is -2.23. The number of likely N-dealkylation sites (tertiary alicyclic amines) is 1. The van der Waals surface area contributed by atoms with Gasteiger partial charge in [-0.15, -0.1) is 23.7 Å². The Balaban J connectivity index is 0.00000180. The van der Waals surface area contributed by atoms with Crippen molar-refractivity contribution in [2.24, 2.45) is 0 Å². The molecule has 0 aromatic carbocycles. The number of nitrogens with one attached hydrogen (secondary N) is 1. The molecule has 19 heavy (non-hydrogen) atoms. The summed E-state index contributed by atoms with van der Waals surface area (Å²) in [5.74, 6) is 0.164. The van der Waals surface area contributed by atoms with Gasteiger partial charge in [0.15, 0.2) is 5.13 Å². The van der Waals surface area contributed by atoms with E-state index in [2.05, 4.69) is 14.6 Å². The van der Waals surface area contributed by atoms with Crippen LogP contribution in [0.15, 0.2) is 6.20 Å². The van der Waals surface area contributed by atoms with Crippen LogP contribution in [0.4, 0.5) is 5.13 Å². The van der Waals surface area contributed by atoms with Crippen LogP contribution in [0, 0.1) is 0 Å². The minimum Gasteiger partial charge on any atom is -0.375 e. The first-order valence-electron chi connectivity index (χ1n) is 5.85. The molecule has 9 heteroatoms. The van der Waals surface area contributed by atoms with E-state index < -0.39 is 10.0 Å². The van der Waals surface area contributed by atoms with E-state index in [0.717, 1.165) is 30.8 Å². The Hall–Kier alpha value is -0.410. The number of aromatic nitrogens is 1.